The van der Waals surface area contributed by atoms with Gasteiger partial charge in [0.2, 0.25) is 10.0 Å². The van der Waals surface area contributed by atoms with Crippen LogP contribution in [0.1, 0.15) is 22.8 Å². The van der Waals surface area contributed by atoms with E-state index >= 15 is 0 Å². The maximum Gasteiger partial charge on any atom is 0.271 e. The van der Waals surface area contributed by atoms with Crippen molar-refractivity contribution in [2.24, 2.45) is 5.10 Å². The fraction of sp³-hybridized carbons (Fsp3) is 0.263. The lowest BCUT2D eigenvalue weighted by Crippen LogP contribution is -2.40. The van der Waals surface area contributed by atoms with Gasteiger partial charge in [-0.1, -0.05) is 12.1 Å². The molecular formula is C19H20FN3O4S. The summed E-state index contributed by atoms with van der Waals surface area (Å²) in [5.41, 5.74) is 3.85. The quantitative estimate of drug-likeness (QED) is 0.609. The number of nitrogens with one attached hydrogen (secondary N) is 1. The third-order valence-electron chi connectivity index (χ3n) is 4.31. The number of sulfonamides is 1. The standard InChI is InChI=1S/C19H20FN3O4S/c1-14(21-22-19(24)16-2-6-17(20)7-3-16)15-4-8-18(9-5-15)28(25,26)23-10-12-27-13-11-23/h2-9H,10-13H2,1H3,(H,22,24)/b21-14+. The van der Waals surface area contributed by atoms with Crippen molar-refractivity contribution in [1.82, 2.24) is 9.73 Å². The van der Waals surface area contributed by atoms with Crippen molar-refractivity contribution in [3.8, 4) is 0 Å². The number of hydrogen-bond acceptors (Lipinski definition) is 5. The number of ether oxygens (including phenoxy) is 1. The Bertz CT molecular complexity index is 967. The van der Waals surface area contributed by atoms with Gasteiger partial charge in [0.1, 0.15) is 5.82 Å². The molecule has 0 aliphatic carbocycles. The van der Waals surface area contributed by atoms with Gasteiger partial charge in [-0.3, -0.25) is 4.79 Å². The zero-order chi connectivity index (χ0) is 20.1. The van der Waals surface area contributed by atoms with Crippen molar-refractivity contribution >= 4 is 21.6 Å². The Morgan fingerprint density at radius 1 is 1.04 bits per heavy atom. The Hall–Kier alpha value is -2.62. The maximum atomic E-state index is 12.9. The highest BCUT2D eigenvalue weighted by Crippen LogP contribution is 2.18. The highest BCUT2D eigenvalue weighted by molar-refractivity contribution is 7.89. The molecule has 0 bridgehead atoms. The normalized spacial score (nSPS) is 16.0. The molecule has 3 rings (SSSR count). The third-order valence-corrected chi connectivity index (χ3v) is 6.22. The van der Waals surface area contributed by atoms with Gasteiger partial charge in [0.05, 0.1) is 23.8 Å². The number of morpholine rings is 1. The van der Waals surface area contributed by atoms with Gasteiger partial charge in [-0.15, -0.1) is 0 Å². The topological polar surface area (TPSA) is 88.1 Å². The maximum absolute atomic E-state index is 12.9. The van der Waals surface area contributed by atoms with E-state index in [1.807, 2.05) is 0 Å². The Kier molecular flexibility index (Phi) is 6.18. The summed E-state index contributed by atoms with van der Waals surface area (Å²) in [5, 5.41) is 4.02. The first-order valence-corrected chi connectivity index (χ1v) is 10.1. The zero-order valence-electron chi connectivity index (χ0n) is 15.3. The van der Waals surface area contributed by atoms with E-state index < -0.39 is 21.7 Å². The van der Waals surface area contributed by atoms with Crippen molar-refractivity contribution < 1.29 is 22.3 Å². The molecule has 148 valence electrons. The summed E-state index contributed by atoms with van der Waals surface area (Å²) in [6.07, 6.45) is 0. The minimum absolute atomic E-state index is 0.196. The average Bonchev–Trinajstić information content (AvgIpc) is 2.73. The molecule has 1 amide bonds. The summed E-state index contributed by atoms with van der Waals surface area (Å²) >= 11 is 0. The number of hydrazone groups is 1. The van der Waals surface area contributed by atoms with Gasteiger partial charge in [-0.05, 0) is 48.9 Å². The minimum atomic E-state index is -3.56. The number of hydrogen-bond donors (Lipinski definition) is 1. The second-order valence-electron chi connectivity index (χ2n) is 6.19. The third kappa shape index (κ3) is 4.61. The van der Waals surface area contributed by atoms with Crippen LogP contribution >= 0.6 is 0 Å². The summed E-state index contributed by atoms with van der Waals surface area (Å²) in [6, 6.07) is 11.4. The van der Waals surface area contributed by atoms with E-state index in [0.29, 0.717) is 37.6 Å². The van der Waals surface area contributed by atoms with Gasteiger partial charge in [0.15, 0.2) is 0 Å². The van der Waals surface area contributed by atoms with Crippen LogP contribution in [-0.2, 0) is 14.8 Å². The van der Waals surface area contributed by atoms with Crippen LogP contribution in [-0.4, -0.2) is 50.6 Å². The molecule has 1 aliphatic rings. The fourth-order valence-corrected chi connectivity index (χ4v) is 4.08. The Labute approximate surface area is 162 Å². The van der Waals surface area contributed by atoms with Crippen molar-refractivity contribution in [2.75, 3.05) is 26.3 Å². The molecule has 0 saturated carbocycles. The Balaban J connectivity index is 1.69. The van der Waals surface area contributed by atoms with E-state index in [4.69, 9.17) is 4.74 Å². The lowest BCUT2D eigenvalue weighted by atomic mass is 10.1. The predicted octanol–water partition coefficient (Wildman–Crippen LogP) is 2.00. The van der Waals surface area contributed by atoms with Crippen LogP contribution in [0.4, 0.5) is 4.39 Å². The molecule has 0 radical (unpaired) electrons. The van der Waals surface area contributed by atoms with E-state index in [-0.39, 0.29) is 10.5 Å². The average molecular weight is 405 g/mol. The van der Waals surface area contributed by atoms with Gasteiger partial charge in [0, 0.05) is 18.7 Å². The first-order valence-electron chi connectivity index (χ1n) is 8.66. The van der Waals surface area contributed by atoms with Gasteiger partial charge >= 0.3 is 0 Å². The van der Waals surface area contributed by atoms with Crippen LogP contribution in [0.3, 0.4) is 0 Å². The molecular weight excluding hydrogens is 385 g/mol. The van der Waals surface area contributed by atoms with Crippen LogP contribution in [0.2, 0.25) is 0 Å². The lowest BCUT2D eigenvalue weighted by molar-refractivity contribution is 0.0730. The van der Waals surface area contributed by atoms with Crippen LogP contribution in [0.25, 0.3) is 0 Å². The molecule has 2 aromatic carbocycles. The van der Waals surface area contributed by atoms with Gasteiger partial charge in [0.25, 0.3) is 5.91 Å². The van der Waals surface area contributed by atoms with Crippen LogP contribution < -0.4 is 5.43 Å². The molecule has 1 aliphatic heterocycles. The van der Waals surface area contributed by atoms with Crippen molar-refractivity contribution in [1.29, 1.82) is 0 Å². The Morgan fingerprint density at radius 2 is 1.61 bits per heavy atom. The lowest BCUT2D eigenvalue weighted by Gasteiger charge is -2.26. The van der Waals surface area contributed by atoms with Crippen molar-refractivity contribution in [2.45, 2.75) is 11.8 Å². The van der Waals surface area contributed by atoms with Crippen molar-refractivity contribution in [3.63, 3.8) is 0 Å². The minimum Gasteiger partial charge on any atom is -0.379 e. The van der Waals surface area contributed by atoms with Crippen LogP contribution in [0.15, 0.2) is 58.5 Å². The Morgan fingerprint density at radius 3 is 2.21 bits per heavy atom. The molecule has 28 heavy (non-hydrogen) atoms. The summed E-state index contributed by atoms with van der Waals surface area (Å²) in [6.45, 7) is 3.13. The first-order chi connectivity index (χ1) is 13.4. The van der Waals surface area contributed by atoms with E-state index in [0.717, 1.165) is 0 Å². The second kappa shape index (κ2) is 8.59. The van der Waals surface area contributed by atoms with Crippen LogP contribution in [0.5, 0.6) is 0 Å². The molecule has 1 saturated heterocycles. The molecule has 2 aromatic rings. The van der Waals surface area contributed by atoms with E-state index in [9.17, 15) is 17.6 Å². The highest BCUT2D eigenvalue weighted by Gasteiger charge is 2.26. The summed E-state index contributed by atoms with van der Waals surface area (Å²) in [4.78, 5) is 12.2. The molecule has 1 fully saturated rings. The van der Waals surface area contributed by atoms with E-state index in [2.05, 4.69) is 10.5 Å². The molecule has 9 heteroatoms. The fourth-order valence-electron chi connectivity index (χ4n) is 2.67. The monoisotopic (exact) mass is 405 g/mol. The first kappa shape index (κ1) is 20.1. The number of carbonyl (C=O) groups is 1. The molecule has 7 nitrogen and oxygen atoms in total. The van der Waals surface area contributed by atoms with E-state index in [1.165, 1.54) is 40.7 Å². The molecule has 1 N–H and O–H groups in total. The number of nitrogens with zero attached hydrogens (tertiary/aromatic N) is 2. The van der Waals surface area contributed by atoms with Crippen molar-refractivity contribution in [3.05, 3.63) is 65.5 Å². The summed E-state index contributed by atoms with van der Waals surface area (Å²) < 4.78 is 44.7. The molecule has 0 atom stereocenters. The molecule has 0 spiro atoms. The predicted molar refractivity (Wildman–Crippen MR) is 102 cm³/mol. The molecule has 0 aromatic heterocycles. The number of amides is 1. The smallest absolute Gasteiger partial charge is 0.271 e. The highest BCUT2D eigenvalue weighted by atomic mass is 32.2. The van der Waals surface area contributed by atoms with Gasteiger partial charge in [-0.25, -0.2) is 18.2 Å². The van der Waals surface area contributed by atoms with Gasteiger partial charge in [-0.2, -0.15) is 9.41 Å². The SMILES string of the molecule is C/C(=N\NC(=O)c1ccc(F)cc1)c1ccc(S(=O)(=O)N2CCOCC2)cc1. The zero-order valence-corrected chi connectivity index (χ0v) is 16.1. The number of benzene rings is 2. The number of halogens is 1. The summed E-state index contributed by atoms with van der Waals surface area (Å²) in [7, 11) is -3.56. The second-order valence-corrected chi connectivity index (χ2v) is 8.12. The molecule has 0 unspecified atom stereocenters. The van der Waals surface area contributed by atoms with Crippen LogP contribution in [0, 0.1) is 5.82 Å². The van der Waals surface area contributed by atoms with Gasteiger partial charge < -0.3 is 4.74 Å². The number of rotatable bonds is 5. The largest absolute Gasteiger partial charge is 0.379 e. The van der Waals surface area contributed by atoms with E-state index in [1.54, 1.807) is 19.1 Å². The summed E-state index contributed by atoms with van der Waals surface area (Å²) in [5.74, 6) is -0.894. The molecule has 1 heterocycles. The number of carbonyl (C=O) groups excluding carboxylic acids is 1.